The summed E-state index contributed by atoms with van der Waals surface area (Å²) in [5, 5.41) is 2.98. The molecule has 1 rings (SSSR count). The molecule has 0 aromatic rings. The zero-order valence-electron chi connectivity index (χ0n) is 4.22. The Kier molecular flexibility index (Phi) is 2.72. The summed E-state index contributed by atoms with van der Waals surface area (Å²) in [4.78, 5) is 0. The van der Waals surface area contributed by atoms with Crippen molar-refractivity contribution in [2.45, 2.75) is 23.1 Å². The predicted octanol–water partition coefficient (Wildman–Crippen LogP) is -0.839. The molecular weight excluding hydrogens is 220 g/mol. The molecule has 1 aliphatic heterocycles. The van der Waals surface area contributed by atoms with E-state index in [1.54, 1.807) is 0 Å². The van der Waals surface area contributed by atoms with E-state index in [1.807, 2.05) is 0 Å². The number of rotatable bonds is 0. The molecule has 0 amide bonds. The van der Waals surface area contributed by atoms with Crippen molar-refractivity contribution in [2.75, 3.05) is 0 Å². The van der Waals surface area contributed by atoms with Crippen LogP contribution in [0.1, 0.15) is 6.42 Å². The summed E-state index contributed by atoms with van der Waals surface area (Å²) in [5.74, 6) is 0. The number of hydrogen-bond donors (Lipinski definition) is 1. The van der Waals surface area contributed by atoms with Crippen LogP contribution >= 0.6 is 0 Å². The topological polar surface area (TPSA) is 27.6 Å². The third-order valence-electron chi connectivity index (χ3n) is 0.997. The Morgan fingerprint density at radius 1 is 1.43 bits per heavy atom. The molecule has 0 aliphatic carbocycles. The van der Waals surface area contributed by atoms with Crippen LogP contribution in [0.25, 0.3) is 0 Å². The van der Waals surface area contributed by atoms with Crippen LogP contribution in [0, 0.1) is 0 Å². The van der Waals surface area contributed by atoms with Crippen molar-refractivity contribution >= 4 is 26.3 Å². The summed E-state index contributed by atoms with van der Waals surface area (Å²) in [6.45, 7) is 0. The first-order chi connectivity index (χ1) is 3.39. The standard InChI is InChI=1S/C4H9NSe2/c5-4-1-2-6-7-3-4/h4H,1-3,5H2/p+1/t4-/m0/s1. The number of quaternary nitrogens is 1. The third kappa shape index (κ3) is 2.16. The van der Waals surface area contributed by atoms with Crippen molar-refractivity contribution in [3.05, 3.63) is 0 Å². The molecule has 0 spiro atoms. The Morgan fingerprint density at radius 2 is 2.29 bits per heavy atom. The fourth-order valence-electron chi connectivity index (χ4n) is 0.501. The monoisotopic (exact) mass is 232 g/mol. The SMILES string of the molecule is [NH3+][C@H]1CC[Se][Se]C1. The van der Waals surface area contributed by atoms with Crippen molar-refractivity contribution in [2.24, 2.45) is 0 Å². The summed E-state index contributed by atoms with van der Waals surface area (Å²) in [6, 6.07) is 0.829. The van der Waals surface area contributed by atoms with Crippen LogP contribution in [-0.2, 0) is 0 Å². The van der Waals surface area contributed by atoms with Gasteiger partial charge in [0, 0.05) is 0 Å². The van der Waals surface area contributed by atoms with E-state index in [1.165, 1.54) is 17.1 Å². The zero-order valence-corrected chi connectivity index (χ0v) is 7.65. The van der Waals surface area contributed by atoms with E-state index in [4.69, 9.17) is 0 Å². The third-order valence-corrected chi connectivity index (χ3v) is 8.58. The first-order valence-electron chi connectivity index (χ1n) is 2.47. The molecule has 42 valence electrons. The minimum absolute atomic E-state index is 0.829. The number of hydrogen-bond acceptors (Lipinski definition) is 0. The molecule has 0 aromatic carbocycles. The van der Waals surface area contributed by atoms with Gasteiger partial charge in [-0.25, -0.2) is 0 Å². The van der Waals surface area contributed by atoms with Crippen molar-refractivity contribution in [1.29, 1.82) is 0 Å². The first-order valence-corrected chi connectivity index (χ1v) is 9.22. The van der Waals surface area contributed by atoms with Crippen molar-refractivity contribution in [1.82, 2.24) is 0 Å². The molecular formula is C4H10NSe2+. The first kappa shape index (κ1) is 6.12. The average molecular weight is 230 g/mol. The Bertz CT molecular complexity index is 51.7. The van der Waals surface area contributed by atoms with Gasteiger partial charge in [0.05, 0.1) is 0 Å². The van der Waals surface area contributed by atoms with E-state index in [9.17, 15) is 0 Å². The zero-order chi connectivity index (χ0) is 5.11. The van der Waals surface area contributed by atoms with Crippen LogP contribution in [-0.4, -0.2) is 32.3 Å². The van der Waals surface area contributed by atoms with Gasteiger partial charge in [-0.2, -0.15) is 0 Å². The van der Waals surface area contributed by atoms with Gasteiger partial charge in [0.1, 0.15) is 0 Å². The molecule has 0 radical (unpaired) electrons. The fourth-order valence-corrected chi connectivity index (χ4v) is 8.09. The van der Waals surface area contributed by atoms with Crippen LogP contribution in [0.4, 0.5) is 0 Å². The Balaban J connectivity index is 2.12. The van der Waals surface area contributed by atoms with Crippen LogP contribution in [0.5, 0.6) is 0 Å². The van der Waals surface area contributed by atoms with Gasteiger partial charge >= 0.3 is 55.1 Å². The molecule has 1 atom stereocenters. The molecule has 3 heteroatoms. The van der Waals surface area contributed by atoms with Crippen molar-refractivity contribution in [3.63, 3.8) is 0 Å². The molecule has 1 heterocycles. The van der Waals surface area contributed by atoms with Crippen molar-refractivity contribution < 1.29 is 5.73 Å². The molecule has 1 nitrogen and oxygen atoms in total. The quantitative estimate of drug-likeness (QED) is 0.525. The van der Waals surface area contributed by atoms with E-state index in [2.05, 4.69) is 5.73 Å². The molecule has 0 aromatic heterocycles. The molecule has 0 unspecified atom stereocenters. The summed E-state index contributed by atoms with van der Waals surface area (Å²) in [6.07, 6.45) is 1.42. The second kappa shape index (κ2) is 3.11. The average Bonchev–Trinajstić information content (AvgIpc) is 1.69. The van der Waals surface area contributed by atoms with Crippen LogP contribution < -0.4 is 5.73 Å². The van der Waals surface area contributed by atoms with Crippen LogP contribution in [0.15, 0.2) is 0 Å². The van der Waals surface area contributed by atoms with Gasteiger partial charge in [-0.1, -0.05) is 0 Å². The van der Waals surface area contributed by atoms with Gasteiger partial charge in [-0.05, 0) is 0 Å². The van der Waals surface area contributed by atoms with Gasteiger partial charge in [-0.15, -0.1) is 0 Å². The second-order valence-electron chi connectivity index (χ2n) is 1.76. The molecule has 1 aliphatic rings. The molecule has 1 fully saturated rings. The van der Waals surface area contributed by atoms with Crippen LogP contribution in [0.2, 0.25) is 10.6 Å². The van der Waals surface area contributed by atoms with Crippen molar-refractivity contribution in [3.8, 4) is 0 Å². The van der Waals surface area contributed by atoms with E-state index >= 15 is 0 Å². The van der Waals surface area contributed by atoms with E-state index in [0.717, 1.165) is 32.3 Å². The summed E-state index contributed by atoms with van der Waals surface area (Å²) in [7, 11) is 0. The van der Waals surface area contributed by atoms with E-state index in [0.29, 0.717) is 0 Å². The van der Waals surface area contributed by atoms with E-state index < -0.39 is 0 Å². The predicted molar refractivity (Wildman–Crippen MR) is 32.4 cm³/mol. The fraction of sp³-hybridized carbons (Fsp3) is 1.00. The summed E-state index contributed by atoms with van der Waals surface area (Å²) >= 11 is 2.08. The Hall–Kier alpha value is 0.999. The second-order valence-corrected chi connectivity index (χ2v) is 9.45. The molecule has 1 saturated heterocycles. The molecule has 3 N–H and O–H groups in total. The van der Waals surface area contributed by atoms with Crippen LogP contribution in [0.3, 0.4) is 0 Å². The molecule has 7 heavy (non-hydrogen) atoms. The Labute approximate surface area is 55.3 Å². The summed E-state index contributed by atoms with van der Waals surface area (Å²) in [5.41, 5.74) is 4.02. The Morgan fingerprint density at radius 3 is 2.57 bits per heavy atom. The maximum atomic E-state index is 4.02. The summed E-state index contributed by atoms with van der Waals surface area (Å²) < 4.78 is 0. The van der Waals surface area contributed by atoms with Gasteiger partial charge in [0.15, 0.2) is 0 Å². The van der Waals surface area contributed by atoms with Gasteiger partial charge < -0.3 is 0 Å². The normalized spacial score (nSPS) is 33.0. The van der Waals surface area contributed by atoms with Gasteiger partial charge in [-0.3, -0.25) is 0 Å². The molecule has 0 saturated carbocycles. The molecule has 0 bridgehead atoms. The van der Waals surface area contributed by atoms with Gasteiger partial charge in [0.2, 0.25) is 0 Å². The van der Waals surface area contributed by atoms with Gasteiger partial charge in [0.25, 0.3) is 0 Å². The van der Waals surface area contributed by atoms with E-state index in [-0.39, 0.29) is 0 Å². The maximum absolute atomic E-state index is 4.02. The minimum atomic E-state index is 0.829.